The van der Waals surface area contributed by atoms with Crippen molar-refractivity contribution >= 4 is 23.5 Å². The third kappa shape index (κ3) is 5.51. The van der Waals surface area contributed by atoms with Crippen molar-refractivity contribution in [1.82, 2.24) is 10.2 Å². The number of carbonyl (C=O) groups is 2. The van der Waals surface area contributed by atoms with Crippen molar-refractivity contribution in [3.8, 4) is 0 Å². The molecule has 0 saturated carbocycles. The van der Waals surface area contributed by atoms with Gasteiger partial charge >= 0.3 is 5.97 Å². The molecule has 168 valence electrons. The van der Waals surface area contributed by atoms with Gasteiger partial charge in [-0.1, -0.05) is 54.1 Å². The lowest BCUT2D eigenvalue weighted by Crippen LogP contribution is -2.46. The Bertz CT molecular complexity index is 1060. The zero-order chi connectivity index (χ0) is 23.3. The number of aliphatic hydroxyl groups excluding tert-OH is 1. The molecule has 0 aliphatic carbocycles. The molecule has 0 atom stereocenters. The van der Waals surface area contributed by atoms with Gasteiger partial charge in [0.15, 0.2) is 0 Å². The first-order chi connectivity index (χ1) is 15.2. The van der Waals surface area contributed by atoms with Crippen molar-refractivity contribution in [2.75, 3.05) is 6.61 Å². The van der Waals surface area contributed by atoms with Gasteiger partial charge in [0.25, 0.3) is 5.91 Å². The van der Waals surface area contributed by atoms with Crippen molar-refractivity contribution in [1.29, 1.82) is 0 Å². The van der Waals surface area contributed by atoms with Crippen LogP contribution >= 0.6 is 11.6 Å². The molecular weight excluding hydrogens is 428 g/mol. The second-order valence-electron chi connectivity index (χ2n) is 8.01. The van der Waals surface area contributed by atoms with Crippen LogP contribution in [0.1, 0.15) is 31.9 Å². The van der Waals surface area contributed by atoms with Gasteiger partial charge in [0.2, 0.25) is 0 Å². The van der Waals surface area contributed by atoms with Crippen LogP contribution in [0.15, 0.2) is 77.7 Å². The lowest BCUT2D eigenvalue weighted by Gasteiger charge is -2.30. The van der Waals surface area contributed by atoms with Crippen molar-refractivity contribution in [2.45, 2.75) is 39.4 Å². The number of carbonyl (C=O) groups excluding carboxylic acids is 2. The number of rotatable bonds is 7. The predicted octanol–water partition coefficient (Wildman–Crippen LogP) is 4.51. The molecular formula is C25H27ClN2O4. The summed E-state index contributed by atoms with van der Waals surface area (Å²) in [6, 6.07) is 16.7. The summed E-state index contributed by atoms with van der Waals surface area (Å²) < 4.78 is 5.13. The Morgan fingerprint density at radius 2 is 1.84 bits per heavy atom. The molecule has 0 aromatic heterocycles. The van der Waals surface area contributed by atoms with Crippen molar-refractivity contribution in [2.24, 2.45) is 0 Å². The van der Waals surface area contributed by atoms with Gasteiger partial charge in [-0.15, -0.1) is 0 Å². The molecule has 7 heteroatoms. The second-order valence-corrected chi connectivity index (χ2v) is 8.45. The fraction of sp³-hybridized carbons (Fsp3) is 0.280. The molecule has 1 amide bonds. The number of allylic oxidation sites excluding steroid dienone is 1. The quantitative estimate of drug-likeness (QED) is 0.365. The highest BCUT2D eigenvalue weighted by Crippen LogP contribution is 2.27. The van der Waals surface area contributed by atoms with E-state index in [1.54, 1.807) is 36.1 Å². The number of hydrogen-bond donors (Lipinski definition) is 2. The van der Waals surface area contributed by atoms with Gasteiger partial charge < -0.3 is 20.1 Å². The summed E-state index contributed by atoms with van der Waals surface area (Å²) in [6.07, 6.45) is 1.41. The van der Waals surface area contributed by atoms with E-state index >= 15 is 0 Å². The second kappa shape index (κ2) is 9.92. The number of benzene rings is 2. The van der Waals surface area contributed by atoms with Crippen LogP contribution in [0, 0.1) is 0 Å². The van der Waals surface area contributed by atoms with Crippen LogP contribution in [-0.4, -0.2) is 34.2 Å². The topological polar surface area (TPSA) is 78.9 Å². The third-order valence-corrected chi connectivity index (χ3v) is 5.39. The van der Waals surface area contributed by atoms with Crippen LogP contribution in [0.25, 0.3) is 0 Å². The van der Waals surface area contributed by atoms with Crippen LogP contribution in [0.5, 0.6) is 0 Å². The molecule has 6 nitrogen and oxygen atoms in total. The van der Waals surface area contributed by atoms with Gasteiger partial charge in [-0.05, 0) is 44.0 Å². The van der Waals surface area contributed by atoms with Crippen molar-refractivity contribution in [3.05, 3.63) is 93.9 Å². The Kier molecular flexibility index (Phi) is 7.26. The minimum Gasteiger partial charge on any atom is -0.507 e. The summed E-state index contributed by atoms with van der Waals surface area (Å²) in [6.45, 7) is 6.03. The summed E-state index contributed by atoms with van der Waals surface area (Å²) in [5.74, 6) is -1.24. The Balaban J connectivity index is 1.92. The average molecular weight is 455 g/mol. The molecule has 1 heterocycles. The molecule has 2 aromatic rings. The van der Waals surface area contributed by atoms with E-state index in [0.717, 1.165) is 11.1 Å². The Morgan fingerprint density at radius 1 is 1.16 bits per heavy atom. The van der Waals surface area contributed by atoms with E-state index in [9.17, 15) is 14.7 Å². The molecule has 1 saturated heterocycles. The monoisotopic (exact) mass is 454 g/mol. The molecule has 2 N–H and O–H groups in total. The van der Waals surface area contributed by atoms with Gasteiger partial charge in [0.05, 0.1) is 12.2 Å². The number of hydrogen-bond acceptors (Lipinski definition) is 5. The first kappa shape index (κ1) is 23.4. The molecule has 0 unspecified atom stereocenters. The van der Waals surface area contributed by atoms with Gasteiger partial charge in [0, 0.05) is 24.1 Å². The summed E-state index contributed by atoms with van der Waals surface area (Å²) in [5.41, 5.74) is 1.31. The highest BCUT2D eigenvalue weighted by atomic mass is 35.5. The van der Waals surface area contributed by atoms with Crippen molar-refractivity contribution < 1.29 is 19.4 Å². The van der Waals surface area contributed by atoms with E-state index < -0.39 is 11.6 Å². The normalized spacial score (nSPS) is 17.2. The fourth-order valence-corrected chi connectivity index (χ4v) is 3.76. The predicted molar refractivity (Wildman–Crippen MR) is 124 cm³/mol. The van der Waals surface area contributed by atoms with E-state index in [1.807, 2.05) is 44.2 Å². The molecule has 1 aliphatic rings. The Hall–Kier alpha value is -3.25. The molecule has 2 aromatic carbocycles. The molecule has 0 radical (unpaired) electrons. The first-order valence-electron chi connectivity index (χ1n) is 10.4. The highest BCUT2D eigenvalue weighted by Gasteiger charge is 2.41. The third-order valence-electron chi connectivity index (χ3n) is 5.16. The number of halogens is 1. The molecule has 3 rings (SSSR count). The lowest BCUT2D eigenvalue weighted by atomic mass is 10.0. The molecule has 32 heavy (non-hydrogen) atoms. The summed E-state index contributed by atoms with van der Waals surface area (Å²) in [5, 5.41) is 14.5. The van der Waals surface area contributed by atoms with Crippen LogP contribution < -0.4 is 5.32 Å². The number of amides is 1. The Morgan fingerprint density at radius 3 is 2.50 bits per heavy atom. The van der Waals surface area contributed by atoms with Crippen LogP contribution in [0.3, 0.4) is 0 Å². The van der Waals surface area contributed by atoms with Gasteiger partial charge in [-0.25, -0.2) is 4.79 Å². The van der Waals surface area contributed by atoms with Crippen LogP contribution in [0.4, 0.5) is 0 Å². The SMILES string of the molecule is CCOC(=O)/C(Cc1cccc(Cl)c1)=C(O)/C=C1\NC(C)(C)N(Cc2ccccc2)C1=O. The average Bonchev–Trinajstić information content (AvgIpc) is 2.95. The largest absolute Gasteiger partial charge is 0.507 e. The molecule has 0 spiro atoms. The maximum atomic E-state index is 13.1. The summed E-state index contributed by atoms with van der Waals surface area (Å²) >= 11 is 6.05. The van der Waals surface area contributed by atoms with Crippen molar-refractivity contribution in [3.63, 3.8) is 0 Å². The Labute approximate surface area is 193 Å². The van der Waals surface area contributed by atoms with E-state index in [1.165, 1.54) is 6.08 Å². The number of nitrogens with one attached hydrogen (secondary N) is 1. The van der Waals surface area contributed by atoms with Gasteiger partial charge in [0.1, 0.15) is 17.1 Å². The maximum absolute atomic E-state index is 13.1. The lowest BCUT2D eigenvalue weighted by molar-refractivity contribution is -0.138. The smallest absolute Gasteiger partial charge is 0.338 e. The summed E-state index contributed by atoms with van der Waals surface area (Å²) in [7, 11) is 0. The fourth-order valence-electron chi connectivity index (χ4n) is 3.54. The van der Waals surface area contributed by atoms with E-state index in [2.05, 4.69) is 5.32 Å². The van der Waals surface area contributed by atoms with Crippen LogP contribution in [-0.2, 0) is 27.3 Å². The zero-order valence-corrected chi connectivity index (χ0v) is 19.1. The number of aliphatic hydroxyl groups is 1. The molecule has 1 fully saturated rings. The minimum absolute atomic E-state index is 0.0514. The van der Waals surface area contributed by atoms with Gasteiger partial charge in [-0.3, -0.25) is 4.79 Å². The minimum atomic E-state index is -0.671. The number of esters is 1. The van der Waals surface area contributed by atoms with E-state index in [0.29, 0.717) is 11.6 Å². The maximum Gasteiger partial charge on any atom is 0.338 e. The van der Waals surface area contributed by atoms with E-state index in [4.69, 9.17) is 16.3 Å². The first-order valence-corrected chi connectivity index (χ1v) is 10.8. The standard InChI is InChI=1S/C25H27ClN2O4/c1-4-32-24(31)20(14-18-11-8-12-19(26)13-18)22(29)15-21-23(30)28(25(2,3)27-21)16-17-9-6-5-7-10-17/h5-13,15,27,29H,4,14,16H2,1-3H3/b21-15-,22-20-. The molecule has 1 aliphatic heterocycles. The number of ether oxygens (including phenoxy) is 1. The highest BCUT2D eigenvalue weighted by molar-refractivity contribution is 6.30. The zero-order valence-electron chi connectivity index (χ0n) is 18.4. The number of nitrogens with zero attached hydrogens (tertiary/aromatic N) is 1. The summed E-state index contributed by atoms with van der Waals surface area (Å²) in [4.78, 5) is 27.3. The van der Waals surface area contributed by atoms with Crippen LogP contribution in [0.2, 0.25) is 5.02 Å². The van der Waals surface area contributed by atoms with Gasteiger partial charge in [-0.2, -0.15) is 0 Å². The van der Waals surface area contributed by atoms with E-state index in [-0.39, 0.29) is 36.0 Å². The molecule has 0 bridgehead atoms.